The molecule has 2 aromatic carbocycles. The van der Waals surface area contributed by atoms with E-state index in [4.69, 9.17) is 0 Å². The maximum absolute atomic E-state index is 12.4. The summed E-state index contributed by atoms with van der Waals surface area (Å²) in [6.07, 6.45) is 2.46. The number of nitrogens with one attached hydrogen (secondary N) is 2. The second-order valence-corrected chi connectivity index (χ2v) is 6.69. The highest BCUT2D eigenvalue weighted by molar-refractivity contribution is 5.89. The number of anilines is 1. The second-order valence-electron chi connectivity index (χ2n) is 6.69. The van der Waals surface area contributed by atoms with Gasteiger partial charge in [-0.3, -0.25) is 4.40 Å². The van der Waals surface area contributed by atoms with Crippen LogP contribution in [-0.4, -0.2) is 26.8 Å². The van der Waals surface area contributed by atoms with Gasteiger partial charge in [0.1, 0.15) is 0 Å². The highest BCUT2D eigenvalue weighted by Crippen LogP contribution is 2.11. The Morgan fingerprint density at radius 3 is 2.55 bits per heavy atom. The molecule has 0 atom stereocenters. The second kappa shape index (κ2) is 8.43. The summed E-state index contributed by atoms with van der Waals surface area (Å²) in [5.74, 6) is 0. The average molecular weight is 387 g/mol. The predicted molar refractivity (Wildman–Crippen MR) is 112 cm³/mol. The lowest BCUT2D eigenvalue weighted by Gasteiger charge is -2.09. The van der Waals surface area contributed by atoms with E-state index in [1.807, 2.05) is 60.7 Å². The number of aromatic nitrogens is 3. The van der Waals surface area contributed by atoms with Crippen LogP contribution in [0.5, 0.6) is 0 Å². The van der Waals surface area contributed by atoms with Crippen LogP contribution in [0, 0.1) is 0 Å². The molecule has 0 saturated heterocycles. The first-order valence-electron chi connectivity index (χ1n) is 9.41. The number of carbonyl (C=O) groups is 1. The van der Waals surface area contributed by atoms with Crippen LogP contribution in [0.2, 0.25) is 0 Å². The van der Waals surface area contributed by atoms with Gasteiger partial charge in [-0.15, -0.1) is 5.10 Å². The topological polar surface area (TPSA) is 80.4 Å². The number of benzene rings is 2. The number of fused-ring (bicyclic) bond motifs is 1. The van der Waals surface area contributed by atoms with Gasteiger partial charge in [0.15, 0.2) is 5.65 Å². The third-order valence-corrected chi connectivity index (χ3v) is 4.55. The van der Waals surface area contributed by atoms with E-state index in [1.54, 1.807) is 18.3 Å². The Bertz CT molecular complexity index is 1180. The van der Waals surface area contributed by atoms with Crippen molar-refractivity contribution in [3.05, 3.63) is 101 Å². The zero-order valence-electron chi connectivity index (χ0n) is 15.8. The van der Waals surface area contributed by atoms with Crippen molar-refractivity contribution in [3.8, 4) is 0 Å². The van der Waals surface area contributed by atoms with Crippen LogP contribution >= 0.6 is 0 Å². The number of pyridine rings is 1. The first-order chi connectivity index (χ1) is 14.2. The van der Waals surface area contributed by atoms with Gasteiger partial charge in [0, 0.05) is 18.4 Å². The molecular formula is C22H21N5O2. The highest BCUT2D eigenvalue weighted by atomic mass is 16.2. The monoisotopic (exact) mass is 387 g/mol. The van der Waals surface area contributed by atoms with Crippen molar-refractivity contribution in [3.63, 3.8) is 0 Å². The first kappa shape index (κ1) is 18.5. The molecule has 0 aliphatic heterocycles. The minimum absolute atomic E-state index is 0.197. The van der Waals surface area contributed by atoms with Gasteiger partial charge in [-0.25, -0.2) is 14.3 Å². The fourth-order valence-electron chi connectivity index (χ4n) is 3.13. The normalized spacial score (nSPS) is 10.8. The molecule has 0 bridgehead atoms. The maximum atomic E-state index is 12.4. The number of nitrogens with zero attached hydrogens (tertiary/aromatic N) is 3. The molecule has 146 valence electrons. The minimum atomic E-state index is -0.261. The lowest BCUT2D eigenvalue weighted by atomic mass is 10.1. The van der Waals surface area contributed by atoms with E-state index >= 15 is 0 Å². The fraction of sp³-hybridized carbons (Fsp3) is 0.136. The summed E-state index contributed by atoms with van der Waals surface area (Å²) in [4.78, 5) is 24.6. The van der Waals surface area contributed by atoms with Crippen molar-refractivity contribution in [2.24, 2.45) is 0 Å². The number of urea groups is 1. The zero-order valence-corrected chi connectivity index (χ0v) is 15.8. The molecule has 29 heavy (non-hydrogen) atoms. The van der Waals surface area contributed by atoms with Crippen molar-refractivity contribution in [1.82, 2.24) is 19.5 Å². The van der Waals surface area contributed by atoms with Crippen LogP contribution in [0.4, 0.5) is 10.5 Å². The summed E-state index contributed by atoms with van der Waals surface area (Å²) in [6.45, 7) is 0.873. The number of carbonyl (C=O) groups excluding carboxylic acids is 1. The molecule has 7 nitrogen and oxygen atoms in total. The van der Waals surface area contributed by atoms with Gasteiger partial charge in [-0.1, -0.05) is 48.5 Å². The fourth-order valence-corrected chi connectivity index (χ4v) is 3.13. The molecular weight excluding hydrogens is 366 g/mol. The van der Waals surface area contributed by atoms with Crippen LogP contribution in [0.25, 0.3) is 5.65 Å². The van der Waals surface area contributed by atoms with E-state index in [0.717, 1.165) is 12.0 Å². The van der Waals surface area contributed by atoms with Crippen molar-refractivity contribution >= 4 is 17.4 Å². The summed E-state index contributed by atoms with van der Waals surface area (Å²) in [7, 11) is 0. The summed E-state index contributed by atoms with van der Waals surface area (Å²) < 4.78 is 2.91. The largest absolute Gasteiger partial charge is 0.350 e. The molecule has 0 radical (unpaired) electrons. The Hall–Kier alpha value is -3.87. The number of rotatable bonds is 6. The molecule has 0 aliphatic carbocycles. The summed E-state index contributed by atoms with van der Waals surface area (Å²) in [5.41, 5.74) is 3.11. The van der Waals surface area contributed by atoms with Crippen LogP contribution in [0.3, 0.4) is 0 Å². The van der Waals surface area contributed by atoms with E-state index in [1.165, 1.54) is 14.6 Å². The SMILES string of the molecule is O=C(NCCc1ccccc1)Nc1cccc(Cn2nc3ccccn3c2=O)c1. The average Bonchev–Trinajstić information content (AvgIpc) is 3.05. The Morgan fingerprint density at radius 2 is 1.72 bits per heavy atom. The van der Waals surface area contributed by atoms with Crippen LogP contribution < -0.4 is 16.3 Å². The van der Waals surface area contributed by atoms with Gasteiger partial charge in [0.25, 0.3) is 0 Å². The third-order valence-electron chi connectivity index (χ3n) is 4.55. The smallest absolute Gasteiger partial charge is 0.338 e. The van der Waals surface area contributed by atoms with Gasteiger partial charge in [0.05, 0.1) is 6.54 Å². The van der Waals surface area contributed by atoms with Gasteiger partial charge in [-0.2, -0.15) is 0 Å². The van der Waals surface area contributed by atoms with E-state index in [0.29, 0.717) is 24.4 Å². The van der Waals surface area contributed by atoms with Crippen molar-refractivity contribution in [1.29, 1.82) is 0 Å². The van der Waals surface area contributed by atoms with E-state index in [-0.39, 0.29) is 11.7 Å². The molecule has 0 spiro atoms. The molecule has 4 rings (SSSR count). The van der Waals surface area contributed by atoms with Crippen molar-refractivity contribution in [2.45, 2.75) is 13.0 Å². The van der Waals surface area contributed by atoms with Crippen molar-refractivity contribution < 1.29 is 4.79 Å². The van der Waals surface area contributed by atoms with E-state index in [9.17, 15) is 9.59 Å². The molecule has 4 aromatic rings. The zero-order chi connectivity index (χ0) is 20.1. The van der Waals surface area contributed by atoms with Crippen molar-refractivity contribution in [2.75, 3.05) is 11.9 Å². The Morgan fingerprint density at radius 1 is 0.931 bits per heavy atom. The number of amides is 2. The molecule has 2 amide bonds. The van der Waals surface area contributed by atoms with E-state index in [2.05, 4.69) is 15.7 Å². The van der Waals surface area contributed by atoms with Gasteiger partial charge >= 0.3 is 11.7 Å². The molecule has 7 heteroatoms. The molecule has 0 unspecified atom stereocenters. The summed E-state index contributed by atoms with van der Waals surface area (Å²) >= 11 is 0. The Kier molecular flexibility index (Phi) is 5.38. The van der Waals surface area contributed by atoms with Gasteiger partial charge in [0.2, 0.25) is 0 Å². The summed E-state index contributed by atoms with van der Waals surface area (Å²) in [5, 5.41) is 10.0. The summed E-state index contributed by atoms with van der Waals surface area (Å²) in [6, 6.07) is 22.5. The maximum Gasteiger partial charge on any atom is 0.350 e. The van der Waals surface area contributed by atoms with Crippen LogP contribution in [-0.2, 0) is 13.0 Å². The highest BCUT2D eigenvalue weighted by Gasteiger charge is 2.08. The molecule has 2 N–H and O–H groups in total. The molecule has 0 aliphatic rings. The number of hydrogen-bond donors (Lipinski definition) is 2. The van der Waals surface area contributed by atoms with Crippen LogP contribution in [0.1, 0.15) is 11.1 Å². The lowest BCUT2D eigenvalue weighted by molar-refractivity contribution is 0.252. The minimum Gasteiger partial charge on any atom is -0.338 e. The standard InChI is InChI=1S/C22H21N5O2/c28-21(23-13-12-17-7-2-1-3-8-17)24-19-10-6-9-18(15-19)16-27-22(29)26-14-5-4-11-20(26)25-27/h1-11,14-15H,12-13,16H2,(H2,23,24,28). The van der Waals surface area contributed by atoms with E-state index < -0.39 is 0 Å². The predicted octanol–water partition coefficient (Wildman–Crippen LogP) is 2.91. The molecule has 2 aromatic heterocycles. The quantitative estimate of drug-likeness (QED) is 0.534. The first-order valence-corrected chi connectivity index (χ1v) is 9.41. The van der Waals surface area contributed by atoms with Gasteiger partial charge in [-0.05, 0) is 41.8 Å². The number of hydrogen-bond acceptors (Lipinski definition) is 3. The lowest BCUT2D eigenvalue weighted by Crippen LogP contribution is -2.30. The van der Waals surface area contributed by atoms with Gasteiger partial charge < -0.3 is 10.6 Å². The molecule has 0 saturated carbocycles. The molecule has 0 fully saturated rings. The molecule has 2 heterocycles. The Labute approximate surface area is 167 Å². The third kappa shape index (κ3) is 4.52. The Balaban J connectivity index is 1.37. The van der Waals surface area contributed by atoms with Crippen LogP contribution in [0.15, 0.2) is 83.8 Å².